The van der Waals surface area contributed by atoms with E-state index in [1.165, 1.54) is 0 Å². The van der Waals surface area contributed by atoms with Gasteiger partial charge in [0.1, 0.15) is 6.29 Å². The van der Waals surface area contributed by atoms with Crippen LogP contribution in [0.5, 0.6) is 0 Å². The molecule has 7 heteroatoms. The molecule has 0 heterocycles. The van der Waals surface area contributed by atoms with Crippen LogP contribution in [0.4, 0.5) is 0 Å². The van der Waals surface area contributed by atoms with Crippen LogP contribution in [0.1, 0.15) is 19.3 Å². The third-order valence-corrected chi connectivity index (χ3v) is 1.20. The Hall–Kier alpha value is 0.250. The standard InChI is InChI=1S/C5H8O5S.Na.H/c6-4-2-1-3-5(7)10-11(8)9;;/h4H,1-3H2,(H,8,9);;. The van der Waals surface area contributed by atoms with Crippen molar-refractivity contribution in [2.75, 3.05) is 0 Å². The zero-order valence-electron chi connectivity index (χ0n) is 5.69. The molecular weight excluding hydrogens is 195 g/mol. The Bertz CT molecular complexity index is 171. The summed E-state index contributed by atoms with van der Waals surface area (Å²) in [5.74, 6) is -0.771. The molecule has 0 aliphatic rings. The van der Waals surface area contributed by atoms with Gasteiger partial charge in [-0.3, -0.25) is 9.35 Å². The molecule has 0 aromatic heterocycles. The molecule has 1 atom stereocenters. The fourth-order valence-electron chi connectivity index (χ4n) is 0.451. The summed E-state index contributed by atoms with van der Waals surface area (Å²) in [6.45, 7) is 0. The van der Waals surface area contributed by atoms with Gasteiger partial charge >= 0.3 is 46.9 Å². The van der Waals surface area contributed by atoms with Gasteiger partial charge in [-0.05, 0) is 6.42 Å². The van der Waals surface area contributed by atoms with Crippen LogP contribution in [0.15, 0.2) is 0 Å². The van der Waals surface area contributed by atoms with E-state index in [-0.39, 0.29) is 42.4 Å². The van der Waals surface area contributed by atoms with Crippen molar-refractivity contribution in [1.82, 2.24) is 0 Å². The van der Waals surface area contributed by atoms with E-state index in [1.54, 1.807) is 0 Å². The molecule has 0 radical (unpaired) electrons. The number of rotatable bonds is 5. The SMILES string of the molecule is O=CCCCC(=O)OS(=O)O.[NaH]. The Morgan fingerprint density at radius 1 is 1.58 bits per heavy atom. The van der Waals surface area contributed by atoms with E-state index in [4.69, 9.17) is 4.55 Å². The molecule has 0 aromatic carbocycles. The monoisotopic (exact) mass is 204 g/mol. The van der Waals surface area contributed by atoms with Gasteiger partial charge in [0.2, 0.25) is 0 Å². The summed E-state index contributed by atoms with van der Waals surface area (Å²) >= 11 is -2.54. The predicted octanol–water partition coefficient (Wildman–Crippen LogP) is -0.613. The second kappa shape index (κ2) is 9.34. The third-order valence-electron chi connectivity index (χ3n) is 0.867. The molecule has 0 aliphatic heterocycles. The topological polar surface area (TPSA) is 80.7 Å². The van der Waals surface area contributed by atoms with Gasteiger partial charge in [-0.1, -0.05) is 0 Å². The van der Waals surface area contributed by atoms with Crippen LogP contribution in [0, 0.1) is 0 Å². The van der Waals surface area contributed by atoms with E-state index in [2.05, 4.69) is 4.18 Å². The normalized spacial score (nSPS) is 11.1. The van der Waals surface area contributed by atoms with E-state index in [9.17, 15) is 13.8 Å². The Morgan fingerprint density at radius 2 is 2.17 bits per heavy atom. The zero-order chi connectivity index (χ0) is 8.69. The number of carbonyl (C=O) groups is 2. The van der Waals surface area contributed by atoms with E-state index < -0.39 is 17.3 Å². The summed E-state index contributed by atoms with van der Waals surface area (Å²) in [5, 5.41) is 0. The van der Waals surface area contributed by atoms with Crippen LogP contribution >= 0.6 is 0 Å². The fraction of sp³-hybridized carbons (Fsp3) is 0.600. The molecular formula is C5H9NaO5S. The Kier molecular flexibility index (Phi) is 11.5. The van der Waals surface area contributed by atoms with Crippen molar-refractivity contribution in [2.45, 2.75) is 19.3 Å². The first-order valence-electron chi connectivity index (χ1n) is 2.92. The van der Waals surface area contributed by atoms with Gasteiger partial charge in [-0.15, -0.1) is 0 Å². The molecule has 12 heavy (non-hydrogen) atoms. The molecule has 1 unspecified atom stereocenters. The molecule has 0 bridgehead atoms. The van der Waals surface area contributed by atoms with Crippen LogP contribution in [0.2, 0.25) is 0 Å². The van der Waals surface area contributed by atoms with Crippen molar-refractivity contribution in [3.8, 4) is 0 Å². The molecule has 0 saturated heterocycles. The quantitative estimate of drug-likeness (QED) is 0.279. The summed E-state index contributed by atoms with van der Waals surface area (Å²) < 4.78 is 21.7. The van der Waals surface area contributed by atoms with E-state index in [0.29, 0.717) is 12.7 Å². The number of unbranched alkanes of at least 4 members (excludes halogenated alkanes) is 1. The van der Waals surface area contributed by atoms with Crippen molar-refractivity contribution in [2.24, 2.45) is 0 Å². The summed E-state index contributed by atoms with van der Waals surface area (Å²) in [4.78, 5) is 20.2. The molecule has 1 N–H and O–H groups in total. The van der Waals surface area contributed by atoms with Gasteiger partial charge < -0.3 is 8.98 Å². The predicted molar refractivity (Wildman–Crippen MR) is 43.9 cm³/mol. The first-order chi connectivity index (χ1) is 5.16. The van der Waals surface area contributed by atoms with Crippen molar-refractivity contribution in [3.05, 3.63) is 0 Å². The van der Waals surface area contributed by atoms with Crippen molar-refractivity contribution >= 4 is 53.2 Å². The number of hydrogen-bond acceptors (Lipinski definition) is 4. The van der Waals surface area contributed by atoms with Gasteiger partial charge in [-0.2, -0.15) is 4.21 Å². The van der Waals surface area contributed by atoms with Crippen LogP contribution in [-0.2, 0) is 25.1 Å². The number of aldehydes is 1. The van der Waals surface area contributed by atoms with Crippen LogP contribution < -0.4 is 0 Å². The van der Waals surface area contributed by atoms with Gasteiger partial charge in [0.05, 0.1) is 0 Å². The molecule has 66 valence electrons. The molecule has 0 amide bonds. The molecule has 0 aromatic rings. The maximum atomic E-state index is 10.4. The van der Waals surface area contributed by atoms with Crippen molar-refractivity contribution in [1.29, 1.82) is 0 Å². The second-order valence-electron chi connectivity index (χ2n) is 1.73. The molecule has 0 rings (SSSR count). The first kappa shape index (κ1) is 14.8. The second-order valence-corrected chi connectivity index (χ2v) is 2.33. The van der Waals surface area contributed by atoms with Gasteiger partial charge in [0.25, 0.3) is 0 Å². The van der Waals surface area contributed by atoms with E-state index >= 15 is 0 Å². The van der Waals surface area contributed by atoms with E-state index in [0.717, 1.165) is 0 Å². The average molecular weight is 204 g/mol. The fourth-order valence-corrected chi connectivity index (χ4v) is 0.693. The molecule has 0 saturated carbocycles. The van der Waals surface area contributed by atoms with Gasteiger partial charge in [0.15, 0.2) is 0 Å². The van der Waals surface area contributed by atoms with Crippen LogP contribution in [0.25, 0.3) is 0 Å². The van der Waals surface area contributed by atoms with E-state index in [1.807, 2.05) is 0 Å². The zero-order valence-corrected chi connectivity index (χ0v) is 6.50. The minimum atomic E-state index is -2.54. The van der Waals surface area contributed by atoms with Crippen molar-refractivity contribution < 1.29 is 22.5 Å². The average Bonchev–Trinajstić information content (AvgIpc) is 1.86. The summed E-state index contributed by atoms with van der Waals surface area (Å²) in [7, 11) is 0. The van der Waals surface area contributed by atoms with Crippen LogP contribution in [-0.4, -0.2) is 50.6 Å². The summed E-state index contributed by atoms with van der Waals surface area (Å²) in [6.07, 6.45) is 1.26. The summed E-state index contributed by atoms with van der Waals surface area (Å²) in [6, 6.07) is 0. The molecule has 0 aliphatic carbocycles. The summed E-state index contributed by atoms with van der Waals surface area (Å²) in [5.41, 5.74) is 0. The Morgan fingerprint density at radius 3 is 2.58 bits per heavy atom. The number of hydrogen-bond donors (Lipinski definition) is 1. The van der Waals surface area contributed by atoms with Crippen molar-refractivity contribution in [3.63, 3.8) is 0 Å². The minimum absolute atomic E-state index is 0. The maximum absolute atomic E-state index is 10.4. The molecule has 0 fully saturated rings. The third kappa shape index (κ3) is 10.2. The van der Waals surface area contributed by atoms with Crippen LogP contribution in [0.3, 0.4) is 0 Å². The van der Waals surface area contributed by atoms with Gasteiger partial charge in [0, 0.05) is 12.8 Å². The Labute approximate surface area is 94.6 Å². The van der Waals surface area contributed by atoms with Gasteiger partial charge in [-0.25, -0.2) is 0 Å². The first-order valence-corrected chi connectivity index (χ1v) is 3.95. The Balaban J connectivity index is 0. The molecule has 0 spiro atoms. The molecule has 5 nitrogen and oxygen atoms in total. The number of carbonyl (C=O) groups excluding carboxylic acids is 2.